The molecule has 0 aromatic heterocycles. The van der Waals surface area contributed by atoms with Gasteiger partial charge < -0.3 is 25.3 Å². The van der Waals surface area contributed by atoms with E-state index in [4.69, 9.17) is 10.2 Å². The van der Waals surface area contributed by atoms with Gasteiger partial charge in [0.15, 0.2) is 0 Å². The lowest BCUT2D eigenvalue weighted by molar-refractivity contribution is 0.0839. The summed E-state index contributed by atoms with van der Waals surface area (Å²) in [6.45, 7) is 1.71. The minimum Gasteiger partial charge on any atom is -0.394 e. The lowest BCUT2D eigenvalue weighted by Crippen LogP contribution is -2.40. The first-order valence-corrected chi connectivity index (χ1v) is 5.96. The molecule has 18 heavy (non-hydrogen) atoms. The predicted molar refractivity (Wildman–Crippen MR) is 69.6 cm³/mol. The maximum absolute atomic E-state index is 9.49. The third-order valence-corrected chi connectivity index (χ3v) is 2.68. The van der Waals surface area contributed by atoms with Crippen LogP contribution in [0.4, 0.5) is 5.69 Å². The third kappa shape index (κ3) is 4.62. The molecule has 0 amide bonds. The molecule has 0 aliphatic heterocycles. The molecule has 5 heteroatoms. The first-order chi connectivity index (χ1) is 8.56. The van der Waals surface area contributed by atoms with Crippen molar-refractivity contribution in [1.82, 2.24) is 0 Å². The molecule has 0 aliphatic carbocycles. The Hall–Kier alpha value is -1.14. The van der Waals surface area contributed by atoms with Crippen molar-refractivity contribution in [2.45, 2.75) is 19.1 Å². The largest absolute Gasteiger partial charge is 0.394 e. The first-order valence-electron chi connectivity index (χ1n) is 5.96. The molecule has 0 radical (unpaired) electrons. The summed E-state index contributed by atoms with van der Waals surface area (Å²) in [5.74, 6) is 0. The number of rotatable bonds is 7. The number of aryl methyl sites for hydroxylation is 1. The molecule has 2 unspecified atom stereocenters. The van der Waals surface area contributed by atoms with E-state index in [1.807, 2.05) is 31.2 Å². The van der Waals surface area contributed by atoms with E-state index in [0.717, 1.165) is 11.3 Å². The molecule has 5 nitrogen and oxygen atoms in total. The van der Waals surface area contributed by atoms with E-state index in [0.29, 0.717) is 0 Å². The highest BCUT2D eigenvalue weighted by Gasteiger charge is 2.15. The fourth-order valence-corrected chi connectivity index (χ4v) is 1.67. The molecule has 2 atom stereocenters. The van der Waals surface area contributed by atoms with Crippen molar-refractivity contribution in [3.8, 4) is 0 Å². The Morgan fingerprint density at radius 2 is 1.39 bits per heavy atom. The Kier molecular flexibility index (Phi) is 6.07. The van der Waals surface area contributed by atoms with Crippen molar-refractivity contribution in [2.75, 3.05) is 31.2 Å². The second-order valence-electron chi connectivity index (χ2n) is 4.41. The molecule has 0 heterocycles. The topological polar surface area (TPSA) is 84.2 Å². The molecule has 0 saturated carbocycles. The quantitative estimate of drug-likeness (QED) is 0.528. The van der Waals surface area contributed by atoms with Crippen LogP contribution in [-0.4, -0.2) is 58.9 Å². The monoisotopic (exact) mass is 255 g/mol. The maximum Gasteiger partial charge on any atom is 0.0945 e. The maximum atomic E-state index is 9.49. The van der Waals surface area contributed by atoms with Gasteiger partial charge in [-0.25, -0.2) is 0 Å². The first kappa shape index (κ1) is 14.9. The number of benzene rings is 1. The molecule has 0 saturated heterocycles. The predicted octanol–water partition coefficient (Wildman–Crippen LogP) is -0.492. The van der Waals surface area contributed by atoms with Gasteiger partial charge in [0.05, 0.1) is 25.4 Å². The average Bonchev–Trinajstić information content (AvgIpc) is 2.38. The van der Waals surface area contributed by atoms with Crippen LogP contribution in [0.2, 0.25) is 0 Å². The summed E-state index contributed by atoms with van der Waals surface area (Å²) in [6.07, 6.45) is -1.76. The zero-order valence-electron chi connectivity index (χ0n) is 10.5. The number of hydrogen-bond acceptors (Lipinski definition) is 5. The second-order valence-corrected chi connectivity index (χ2v) is 4.41. The molecular formula is C13H21NO4. The number of aliphatic hydroxyl groups excluding tert-OH is 4. The summed E-state index contributed by atoms with van der Waals surface area (Å²) in [5, 5.41) is 36.7. The van der Waals surface area contributed by atoms with Gasteiger partial charge in [0.25, 0.3) is 0 Å². The molecule has 4 N–H and O–H groups in total. The number of aliphatic hydroxyl groups is 4. The molecule has 0 bridgehead atoms. The van der Waals surface area contributed by atoms with E-state index in [1.165, 1.54) is 0 Å². The van der Waals surface area contributed by atoms with Gasteiger partial charge in [-0.1, -0.05) is 17.7 Å². The highest BCUT2D eigenvalue weighted by molar-refractivity contribution is 5.47. The van der Waals surface area contributed by atoms with Crippen LogP contribution in [0.3, 0.4) is 0 Å². The highest BCUT2D eigenvalue weighted by atomic mass is 16.3. The molecule has 1 rings (SSSR count). The van der Waals surface area contributed by atoms with Crippen LogP contribution in [0, 0.1) is 6.92 Å². The van der Waals surface area contributed by atoms with Crippen molar-refractivity contribution in [2.24, 2.45) is 0 Å². The summed E-state index contributed by atoms with van der Waals surface area (Å²) in [6, 6.07) is 7.62. The van der Waals surface area contributed by atoms with Gasteiger partial charge in [-0.3, -0.25) is 0 Å². The average molecular weight is 255 g/mol. The summed E-state index contributed by atoms with van der Waals surface area (Å²) >= 11 is 0. The van der Waals surface area contributed by atoms with Crippen LogP contribution in [0.1, 0.15) is 5.56 Å². The van der Waals surface area contributed by atoms with Crippen LogP contribution in [0.5, 0.6) is 0 Å². The van der Waals surface area contributed by atoms with E-state index in [9.17, 15) is 10.2 Å². The lowest BCUT2D eigenvalue weighted by Gasteiger charge is -2.28. The van der Waals surface area contributed by atoms with E-state index in [1.54, 1.807) is 4.90 Å². The second kappa shape index (κ2) is 7.33. The summed E-state index contributed by atoms with van der Waals surface area (Å²) in [5.41, 5.74) is 1.95. The zero-order chi connectivity index (χ0) is 13.5. The van der Waals surface area contributed by atoms with Gasteiger partial charge in [-0.05, 0) is 19.1 Å². The molecule has 0 spiro atoms. The molecule has 102 valence electrons. The van der Waals surface area contributed by atoms with Gasteiger partial charge in [0.1, 0.15) is 0 Å². The van der Waals surface area contributed by atoms with Gasteiger partial charge in [-0.2, -0.15) is 0 Å². The molecule has 1 aromatic rings. The SMILES string of the molecule is Cc1ccc(N(CC(O)CO)CC(O)CO)cc1. The zero-order valence-corrected chi connectivity index (χ0v) is 10.5. The van der Waals surface area contributed by atoms with E-state index >= 15 is 0 Å². The Morgan fingerprint density at radius 1 is 0.944 bits per heavy atom. The fraction of sp³-hybridized carbons (Fsp3) is 0.538. The Labute approximate surface area is 107 Å². The smallest absolute Gasteiger partial charge is 0.0945 e. The molecule has 1 aromatic carbocycles. The van der Waals surface area contributed by atoms with Crippen molar-refractivity contribution in [3.63, 3.8) is 0 Å². The molecule has 0 aliphatic rings. The Morgan fingerprint density at radius 3 is 1.78 bits per heavy atom. The fourth-order valence-electron chi connectivity index (χ4n) is 1.67. The van der Waals surface area contributed by atoms with E-state index in [-0.39, 0.29) is 26.3 Å². The summed E-state index contributed by atoms with van der Waals surface area (Å²) in [7, 11) is 0. The van der Waals surface area contributed by atoms with Crippen molar-refractivity contribution >= 4 is 5.69 Å². The Bertz CT molecular complexity index is 329. The summed E-state index contributed by atoms with van der Waals surface area (Å²) in [4.78, 5) is 1.74. The van der Waals surface area contributed by atoms with Gasteiger partial charge in [0, 0.05) is 18.8 Å². The van der Waals surface area contributed by atoms with E-state index in [2.05, 4.69) is 0 Å². The van der Waals surface area contributed by atoms with Crippen LogP contribution >= 0.6 is 0 Å². The standard InChI is InChI=1S/C13H21NO4/c1-10-2-4-11(5-3-10)14(6-12(17)8-15)7-13(18)9-16/h2-5,12-13,15-18H,6-9H2,1H3. The van der Waals surface area contributed by atoms with Crippen LogP contribution < -0.4 is 4.90 Å². The minimum atomic E-state index is -0.878. The highest BCUT2D eigenvalue weighted by Crippen LogP contribution is 2.16. The normalized spacial score (nSPS) is 14.3. The lowest BCUT2D eigenvalue weighted by atomic mass is 10.2. The van der Waals surface area contributed by atoms with Crippen molar-refractivity contribution < 1.29 is 20.4 Å². The summed E-state index contributed by atoms with van der Waals surface area (Å²) < 4.78 is 0. The number of hydrogen-bond donors (Lipinski definition) is 4. The van der Waals surface area contributed by atoms with Crippen LogP contribution in [0.15, 0.2) is 24.3 Å². The van der Waals surface area contributed by atoms with Crippen molar-refractivity contribution in [3.05, 3.63) is 29.8 Å². The number of nitrogens with zero attached hydrogens (tertiary/aromatic N) is 1. The van der Waals surface area contributed by atoms with E-state index < -0.39 is 12.2 Å². The van der Waals surface area contributed by atoms with Crippen molar-refractivity contribution in [1.29, 1.82) is 0 Å². The van der Waals surface area contributed by atoms with Gasteiger partial charge >= 0.3 is 0 Å². The molecule has 0 fully saturated rings. The Balaban J connectivity index is 2.78. The molecular weight excluding hydrogens is 234 g/mol. The third-order valence-electron chi connectivity index (χ3n) is 2.68. The number of anilines is 1. The van der Waals surface area contributed by atoms with Crippen LogP contribution in [-0.2, 0) is 0 Å². The van der Waals surface area contributed by atoms with Gasteiger partial charge in [0.2, 0.25) is 0 Å². The van der Waals surface area contributed by atoms with Crippen LogP contribution in [0.25, 0.3) is 0 Å². The minimum absolute atomic E-state index is 0.205. The van der Waals surface area contributed by atoms with Gasteiger partial charge in [-0.15, -0.1) is 0 Å².